The van der Waals surface area contributed by atoms with E-state index in [1.54, 1.807) is 16.8 Å². The van der Waals surface area contributed by atoms with Crippen LogP contribution in [0.25, 0.3) is 11.3 Å². The fraction of sp³-hybridized carbons (Fsp3) is 0.357. The van der Waals surface area contributed by atoms with Crippen LogP contribution < -0.4 is 0 Å². The molecule has 0 saturated carbocycles. The highest BCUT2D eigenvalue weighted by Gasteiger charge is 2.23. The van der Waals surface area contributed by atoms with Crippen LogP contribution in [0.5, 0.6) is 0 Å². The zero-order valence-electron chi connectivity index (χ0n) is 11.6. The third kappa shape index (κ3) is 2.67. The Morgan fingerprint density at radius 2 is 2.05 bits per heavy atom. The minimum atomic E-state index is -0.496. The van der Waals surface area contributed by atoms with E-state index in [0.29, 0.717) is 10.7 Å². The molecule has 6 heteroatoms. The van der Waals surface area contributed by atoms with Gasteiger partial charge in [0.1, 0.15) is 5.69 Å². The molecule has 2 aromatic rings. The minimum absolute atomic E-state index is 0.131. The fourth-order valence-electron chi connectivity index (χ4n) is 1.89. The largest absolute Gasteiger partial charge is 0.464 e. The minimum Gasteiger partial charge on any atom is -0.464 e. The Morgan fingerprint density at radius 3 is 2.60 bits per heavy atom. The Balaban J connectivity index is 2.59. The predicted molar refractivity (Wildman–Crippen MR) is 76.8 cm³/mol. The smallest absolute Gasteiger partial charge is 0.360 e. The van der Waals surface area contributed by atoms with Gasteiger partial charge in [-0.25, -0.2) is 9.48 Å². The second kappa shape index (κ2) is 6.05. The second-order valence-corrected chi connectivity index (χ2v) is 4.92. The van der Waals surface area contributed by atoms with Gasteiger partial charge in [0.15, 0.2) is 5.69 Å². The van der Waals surface area contributed by atoms with Crippen LogP contribution in [-0.2, 0) is 4.74 Å². The maximum Gasteiger partial charge on any atom is 0.360 e. The average molecular weight is 294 g/mol. The molecule has 0 aliphatic heterocycles. The Kier molecular flexibility index (Phi) is 4.39. The molecule has 0 radical (unpaired) electrons. The molecule has 0 fully saturated rings. The summed E-state index contributed by atoms with van der Waals surface area (Å²) in [6.07, 6.45) is 0.880. The van der Waals surface area contributed by atoms with Crippen molar-refractivity contribution < 1.29 is 9.53 Å². The van der Waals surface area contributed by atoms with Crippen molar-refractivity contribution >= 4 is 17.6 Å². The quantitative estimate of drug-likeness (QED) is 0.811. The van der Waals surface area contributed by atoms with Crippen molar-refractivity contribution in [1.29, 1.82) is 0 Å². The third-order valence-electron chi connectivity index (χ3n) is 3.20. The Hall–Kier alpha value is -1.88. The van der Waals surface area contributed by atoms with Gasteiger partial charge >= 0.3 is 5.97 Å². The summed E-state index contributed by atoms with van der Waals surface area (Å²) in [5.74, 6) is -0.496. The third-order valence-corrected chi connectivity index (χ3v) is 3.45. The zero-order chi connectivity index (χ0) is 14.7. The highest BCUT2D eigenvalue weighted by atomic mass is 35.5. The SMILES string of the molecule is CCC(C)n1nnc(C(=O)OC)c1-c1ccc(Cl)cc1. The normalized spacial score (nSPS) is 12.2. The molecular weight excluding hydrogens is 278 g/mol. The van der Waals surface area contributed by atoms with Gasteiger partial charge in [-0.05, 0) is 25.5 Å². The lowest BCUT2D eigenvalue weighted by Gasteiger charge is -2.13. The number of carbonyl (C=O) groups excluding carboxylic acids is 1. The van der Waals surface area contributed by atoms with E-state index in [0.717, 1.165) is 12.0 Å². The molecule has 1 aromatic carbocycles. The highest BCUT2D eigenvalue weighted by molar-refractivity contribution is 6.30. The van der Waals surface area contributed by atoms with Gasteiger partial charge in [-0.2, -0.15) is 0 Å². The predicted octanol–water partition coefficient (Wildman–Crippen LogP) is 3.36. The molecule has 0 spiro atoms. The molecule has 1 aromatic heterocycles. The maximum atomic E-state index is 11.8. The Labute approximate surface area is 122 Å². The summed E-state index contributed by atoms with van der Waals surface area (Å²) in [7, 11) is 1.33. The van der Waals surface area contributed by atoms with Gasteiger partial charge in [-0.3, -0.25) is 0 Å². The van der Waals surface area contributed by atoms with Gasteiger partial charge in [-0.1, -0.05) is 35.9 Å². The number of esters is 1. The number of carbonyl (C=O) groups is 1. The lowest BCUT2D eigenvalue weighted by atomic mass is 10.1. The van der Waals surface area contributed by atoms with Gasteiger partial charge in [0.05, 0.1) is 13.2 Å². The topological polar surface area (TPSA) is 57.0 Å². The highest BCUT2D eigenvalue weighted by Crippen LogP contribution is 2.27. The molecule has 0 aliphatic carbocycles. The lowest BCUT2D eigenvalue weighted by molar-refractivity contribution is 0.0595. The van der Waals surface area contributed by atoms with E-state index in [9.17, 15) is 4.79 Å². The van der Waals surface area contributed by atoms with E-state index in [1.807, 2.05) is 19.1 Å². The van der Waals surface area contributed by atoms with Crippen molar-refractivity contribution in [2.75, 3.05) is 7.11 Å². The molecular formula is C14H16ClN3O2. The maximum absolute atomic E-state index is 11.8. The van der Waals surface area contributed by atoms with Crippen molar-refractivity contribution in [3.8, 4) is 11.3 Å². The number of rotatable bonds is 4. The molecule has 0 bridgehead atoms. The number of aromatic nitrogens is 3. The van der Waals surface area contributed by atoms with Gasteiger partial charge in [0, 0.05) is 10.6 Å². The molecule has 0 amide bonds. The van der Waals surface area contributed by atoms with Gasteiger partial charge in [0.2, 0.25) is 0 Å². The Bertz CT molecular complexity index is 607. The van der Waals surface area contributed by atoms with E-state index >= 15 is 0 Å². The van der Waals surface area contributed by atoms with Crippen molar-refractivity contribution in [3.63, 3.8) is 0 Å². The van der Waals surface area contributed by atoms with Crippen LogP contribution in [0.1, 0.15) is 36.8 Å². The summed E-state index contributed by atoms with van der Waals surface area (Å²) in [6.45, 7) is 4.07. The van der Waals surface area contributed by atoms with Crippen molar-refractivity contribution in [2.45, 2.75) is 26.3 Å². The molecule has 0 saturated heterocycles. The van der Waals surface area contributed by atoms with Crippen LogP contribution in [0.2, 0.25) is 5.02 Å². The van der Waals surface area contributed by atoms with Gasteiger partial charge in [-0.15, -0.1) is 5.10 Å². The average Bonchev–Trinajstić information content (AvgIpc) is 2.91. The van der Waals surface area contributed by atoms with Crippen LogP contribution in [0.15, 0.2) is 24.3 Å². The molecule has 0 aliphatic rings. The van der Waals surface area contributed by atoms with E-state index in [2.05, 4.69) is 17.2 Å². The van der Waals surface area contributed by atoms with Crippen LogP contribution in [0, 0.1) is 0 Å². The molecule has 106 valence electrons. The Morgan fingerprint density at radius 1 is 1.40 bits per heavy atom. The first kappa shape index (κ1) is 14.5. The van der Waals surface area contributed by atoms with E-state index in [1.165, 1.54) is 7.11 Å². The number of nitrogens with zero attached hydrogens (tertiary/aromatic N) is 3. The number of ether oxygens (including phenoxy) is 1. The van der Waals surface area contributed by atoms with Crippen LogP contribution in [0.4, 0.5) is 0 Å². The molecule has 1 unspecified atom stereocenters. The summed E-state index contributed by atoms with van der Waals surface area (Å²) in [6, 6.07) is 7.35. The summed E-state index contributed by atoms with van der Waals surface area (Å²) in [5, 5.41) is 8.68. The lowest BCUT2D eigenvalue weighted by Crippen LogP contribution is -2.09. The zero-order valence-corrected chi connectivity index (χ0v) is 12.4. The first-order valence-corrected chi connectivity index (χ1v) is 6.75. The van der Waals surface area contributed by atoms with E-state index in [-0.39, 0.29) is 11.7 Å². The fourth-order valence-corrected chi connectivity index (χ4v) is 2.01. The number of hydrogen-bond donors (Lipinski definition) is 0. The van der Waals surface area contributed by atoms with Gasteiger partial charge < -0.3 is 4.74 Å². The van der Waals surface area contributed by atoms with Crippen LogP contribution >= 0.6 is 11.6 Å². The summed E-state index contributed by atoms with van der Waals surface area (Å²) in [4.78, 5) is 11.8. The molecule has 1 atom stereocenters. The molecule has 1 heterocycles. The first-order chi connectivity index (χ1) is 9.58. The summed E-state index contributed by atoms with van der Waals surface area (Å²) < 4.78 is 6.51. The van der Waals surface area contributed by atoms with Crippen molar-refractivity contribution in [3.05, 3.63) is 35.0 Å². The monoisotopic (exact) mass is 293 g/mol. The number of halogens is 1. The van der Waals surface area contributed by atoms with Crippen LogP contribution in [-0.4, -0.2) is 28.1 Å². The summed E-state index contributed by atoms with van der Waals surface area (Å²) >= 11 is 5.90. The molecule has 5 nitrogen and oxygen atoms in total. The summed E-state index contributed by atoms with van der Waals surface area (Å²) in [5.41, 5.74) is 1.71. The molecule has 20 heavy (non-hydrogen) atoms. The van der Waals surface area contributed by atoms with E-state index in [4.69, 9.17) is 16.3 Å². The van der Waals surface area contributed by atoms with Crippen molar-refractivity contribution in [2.24, 2.45) is 0 Å². The van der Waals surface area contributed by atoms with Crippen LogP contribution in [0.3, 0.4) is 0 Å². The number of hydrogen-bond acceptors (Lipinski definition) is 4. The number of benzene rings is 1. The standard InChI is InChI=1S/C14H16ClN3O2/c1-4-9(2)18-13(10-5-7-11(15)8-6-10)12(16-17-18)14(19)20-3/h5-9H,4H2,1-3H3. The first-order valence-electron chi connectivity index (χ1n) is 6.37. The number of methoxy groups -OCH3 is 1. The van der Waals surface area contributed by atoms with E-state index < -0.39 is 5.97 Å². The molecule has 2 rings (SSSR count). The molecule has 0 N–H and O–H groups in total. The second-order valence-electron chi connectivity index (χ2n) is 4.49. The van der Waals surface area contributed by atoms with Gasteiger partial charge in [0.25, 0.3) is 0 Å². The van der Waals surface area contributed by atoms with Crippen molar-refractivity contribution in [1.82, 2.24) is 15.0 Å².